The van der Waals surface area contributed by atoms with Gasteiger partial charge in [0.1, 0.15) is 5.58 Å². The highest BCUT2D eigenvalue weighted by atomic mass is 79.9. The predicted molar refractivity (Wildman–Crippen MR) is 249 cm³/mol. The quantitative estimate of drug-likeness (QED) is 0.152. The topological polar surface area (TPSA) is 29.3 Å². The molecule has 0 radical (unpaired) electrons. The maximum Gasteiger partial charge on any atom is 0.160 e. The van der Waals surface area contributed by atoms with E-state index >= 15 is 0 Å². The van der Waals surface area contributed by atoms with Crippen LogP contribution in [-0.2, 0) is 0 Å². The van der Waals surface area contributed by atoms with Crippen molar-refractivity contribution in [3.8, 4) is 44.8 Å². The number of nitrogens with zero attached hydrogens (tertiary/aromatic N) is 2. The number of aromatic nitrogens is 1. The lowest BCUT2D eigenvalue weighted by atomic mass is 9.84. The Balaban J connectivity index is 1.13. The summed E-state index contributed by atoms with van der Waals surface area (Å²) in [5.74, 6) is 0.673. The number of fused-ring (bicyclic) bond motifs is 3. The number of hydrogen-bond acceptors (Lipinski definition) is 3. The summed E-state index contributed by atoms with van der Waals surface area (Å²) in [5, 5.41) is 2.00. The summed E-state index contributed by atoms with van der Waals surface area (Å²) in [6, 6.07) is 62.5. The van der Waals surface area contributed by atoms with Gasteiger partial charge >= 0.3 is 0 Å². The van der Waals surface area contributed by atoms with Crippen molar-refractivity contribution in [2.24, 2.45) is 0 Å². The monoisotopic (exact) mass is 878 g/mol. The molecule has 7 aromatic carbocycles. The van der Waals surface area contributed by atoms with E-state index in [1.165, 1.54) is 37.7 Å². The number of hydrogen-bond donors (Lipinski definition) is 0. The van der Waals surface area contributed by atoms with E-state index in [0.717, 1.165) is 92.7 Å². The van der Waals surface area contributed by atoms with Crippen LogP contribution < -0.4 is 4.90 Å². The van der Waals surface area contributed by atoms with Crippen molar-refractivity contribution in [2.45, 2.75) is 38.0 Å². The molecule has 1 saturated carbocycles. The Labute approximate surface area is 356 Å². The molecule has 282 valence electrons. The molecule has 10 rings (SSSR count). The lowest BCUT2D eigenvalue weighted by Crippen LogP contribution is -2.10. The highest BCUT2D eigenvalue weighted by molar-refractivity contribution is 9.11. The summed E-state index contributed by atoms with van der Waals surface area (Å²) < 4.78 is 9.09. The minimum atomic E-state index is 0.673. The van der Waals surface area contributed by atoms with Gasteiger partial charge in [0.2, 0.25) is 0 Å². The normalized spacial score (nSPS) is 13.3. The van der Waals surface area contributed by atoms with E-state index in [-0.39, 0.29) is 0 Å². The Kier molecular flexibility index (Phi) is 10.0. The molecule has 0 N–H and O–H groups in total. The first-order valence-corrected chi connectivity index (χ1v) is 21.7. The van der Waals surface area contributed by atoms with Crippen molar-refractivity contribution in [3.05, 3.63) is 190 Å². The molecular formula is C53H40Br2N2O. The van der Waals surface area contributed by atoms with Gasteiger partial charge in [-0.25, -0.2) is 4.98 Å². The third kappa shape index (κ3) is 6.97. The van der Waals surface area contributed by atoms with Crippen molar-refractivity contribution >= 4 is 70.9 Å². The van der Waals surface area contributed by atoms with Crippen LogP contribution in [0.5, 0.6) is 0 Å². The van der Waals surface area contributed by atoms with E-state index in [0.29, 0.717) is 5.92 Å². The van der Waals surface area contributed by atoms with E-state index in [4.69, 9.17) is 9.40 Å². The third-order valence-corrected chi connectivity index (χ3v) is 12.9. The molecule has 0 atom stereocenters. The fourth-order valence-corrected chi connectivity index (χ4v) is 9.73. The zero-order valence-corrected chi connectivity index (χ0v) is 35.1. The molecule has 58 heavy (non-hydrogen) atoms. The fraction of sp³-hybridized carbons (Fsp3) is 0.113. The van der Waals surface area contributed by atoms with Crippen LogP contribution in [0, 0.1) is 0 Å². The van der Waals surface area contributed by atoms with Crippen LogP contribution in [0.25, 0.3) is 66.7 Å². The van der Waals surface area contributed by atoms with Crippen molar-refractivity contribution in [1.82, 2.24) is 4.98 Å². The van der Waals surface area contributed by atoms with Gasteiger partial charge in [-0.2, -0.15) is 0 Å². The second kappa shape index (κ2) is 15.9. The molecule has 0 bridgehead atoms. The van der Waals surface area contributed by atoms with Crippen LogP contribution >= 0.6 is 31.9 Å². The van der Waals surface area contributed by atoms with Crippen LogP contribution in [-0.4, -0.2) is 4.98 Å². The van der Waals surface area contributed by atoms with Crippen LogP contribution in [0.3, 0.4) is 0 Å². The number of furan rings is 1. The van der Waals surface area contributed by atoms with Gasteiger partial charge < -0.3 is 9.32 Å². The molecule has 0 unspecified atom stereocenters. The lowest BCUT2D eigenvalue weighted by molar-refractivity contribution is 0.443. The second-order valence-corrected chi connectivity index (χ2v) is 16.9. The number of halogens is 2. The highest BCUT2D eigenvalue weighted by Gasteiger charge is 2.25. The van der Waals surface area contributed by atoms with Gasteiger partial charge in [-0.3, -0.25) is 0 Å². The summed E-state index contributed by atoms with van der Waals surface area (Å²) in [6.45, 7) is 0. The van der Waals surface area contributed by atoms with E-state index < -0.39 is 0 Å². The average molecular weight is 881 g/mol. The lowest BCUT2D eigenvalue weighted by Gasteiger charge is -2.27. The number of rotatable bonds is 8. The van der Waals surface area contributed by atoms with Gasteiger partial charge in [-0.1, -0.05) is 166 Å². The number of anilines is 3. The summed E-state index contributed by atoms with van der Waals surface area (Å²) in [5.41, 5.74) is 14.5. The summed E-state index contributed by atoms with van der Waals surface area (Å²) in [7, 11) is 0. The number of pyridine rings is 1. The van der Waals surface area contributed by atoms with Gasteiger partial charge in [0.15, 0.2) is 5.58 Å². The fourth-order valence-electron chi connectivity index (χ4n) is 8.71. The molecular weight excluding hydrogens is 840 g/mol. The van der Waals surface area contributed by atoms with Crippen molar-refractivity contribution in [2.75, 3.05) is 4.90 Å². The first-order chi connectivity index (χ1) is 28.6. The second-order valence-electron chi connectivity index (χ2n) is 15.2. The highest BCUT2D eigenvalue weighted by Crippen LogP contribution is 2.49. The van der Waals surface area contributed by atoms with Gasteiger partial charge in [-0.05, 0) is 107 Å². The first-order valence-electron chi connectivity index (χ1n) is 20.1. The molecule has 0 amide bonds. The Hall–Kier alpha value is -5.75. The van der Waals surface area contributed by atoms with E-state index in [9.17, 15) is 0 Å². The first kappa shape index (κ1) is 36.6. The van der Waals surface area contributed by atoms with Crippen LogP contribution in [0.4, 0.5) is 17.1 Å². The van der Waals surface area contributed by atoms with E-state index in [1.807, 2.05) is 0 Å². The van der Waals surface area contributed by atoms with Gasteiger partial charge in [-0.15, -0.1) is 0 Å². The zero-order valence-electron chi connectivity index (χ0n) is 31.9. The van der Waals surface area contributed by atoms with E-state index in [1.54, 1.807) is 0 Å². The zero-order chi connectivity index (χ0) is 39.0. The molecule has 2 heterocycles. The Morgan fingerprint density at radius 1 is 0.466 bits per heavy atom. The minimum absolute atomic E-state index is 0.673. The largest absolute Gasteiger partial charge is 0.453 e. The predicted octanol–water partition coefficient (Wildman–Crippen LogP) is 16.7. The standard InChI is InChI=1S/C53H40Br2N2O/c54-45-30-29-44(48-24-12-23-47(56-48)39-27-25-38(26-28-39)35-13-4-1-5-14-35)52-50(45)51-46(55)31-32-49(53(51)58-52)57(42-21-10-19-40(33-42)36-15-6-2-7-16-36)43-22-11-20-41(34-43)37-17-8-3-9-18-37/h2-3,6-12,15-35H,1,4-5,13-14H2. The Morgan fingerprint density at radius 2 is 1.02 bits per heavy atom. The molecule has 3 nitrogen and oxygen atoms in total. The Bertz CT molecular complexity index is 2810. The van der Waals surface area contributed by atoms with Gasteiger partial charge in [0, 0.05) is 42.2 Å². The van der Waals surface area contributed by atoms with Gasteiger partial charge in [0.25, 0.3) is 0 Å². The van der Waals surface area contributed by atoms with Crippen LogP contribution in [0.1, 0.15) is 43.6 Å². The maximum atomic E-state index is 7.17. The van der Waals surface area contributed by atoms with Crippen LogP contribution in [0.2, 0.25) is 0 Å². The molecule has 0 aliphatic heterocycles. The van der Waals surface area contributed by atoms with Gasteiger partial charge in [0.05, 0.1) is 17.1 Å². The average Bonchev–Trinajstić information content (AvgIpc) is 3.71. The molecule has 5 heteroatoms. The molecule has 0 saturated heterocycles. The molecule has 0 spiro atoms. The van der Waals surface area contributed by atoms with Crippen molar-refractivity contribution in [3.63, 3.8) is 0 Å². The summed E-state index contributed by atoms with van der Waals surface area (Å²) in [4.78, 5) is 7.58. The van der Waals surface area contributed by atoms with Crippen molar-refractivity contribution in [1.29, 1.82) is 0 Å². The maximum absolute atomic E-state index is 7.17. The summed E-state index contributed by atoms with van der Waals surface area (Å²) in [6.07, 6.45) is 6.61. The molecule has 2 aromatic heterocycles. The molecule has 1 fully saturated rings. The van der Waals surface area contributed by atoms with Crippen LogP contribution in [0.15, 0.2) is 189 Å². The molecule has 1 aliphatic rings. The minimum Gasteiger partial charge on any atom is -0.453 e. The summed E-state index contributed by atoms with van der Waals surface area (Å²) >= 11 is 7.89. The third-order valence-electron chi connectivity index (χ3n) is 11.6. The van der Waals surface area contributed by atoms with Crippen molar-refractivity contribution < 1.29 is 4.42 Å². The molecule has 1 aliphatic carbocycles. The molecule has 9 aromatic rings. The van der Waals surface area contributed by atoms with E-state index in [2.05, 4.69) is 213 Å². The smallest absolute Gasteiger partial charge is 0.160 e. The Morgan fingerprint density at radius 3 is 1.66 bits per heavy atom. The SMILES string of the molecule is Brc1ccc(-c2cccc(-c3ccc(C4CCCCC4)cc3)n2)c2oc3c(N(c4cccc(-c5ccccc5)c4)c4cccc(-c5ccccc5)c4)ccc(Br)c3c12. The number of benzene rings is 7.